The summed E-state index contributed by atoms with van der Waals surface area (Å²) in [6, 6.07) is 11.2. The van der Waals surface area contributed by atoms with Gasteiger partial charge in [0.25, 0.3) is 0 Å². The van der Waals surface area contributed by atoms with E-state index in [-0.39, 0.29) is 5.82 Å². The molecule has 0 radical (unpaired) electrons. The van der Waals surface area contributed by atoms with Crippen LogP contribution in [0.1, 0.15) is 31.2 Å². The van der Waals surface area contributed by atoms with Crippen molar-refractivity contribution in [1.82, 2.24) is 0 Å². The third-order valence-corrected chi connectivity index (χ3v) is 3.36. The Hall–Kier alpha value is -1.41. The molecule has 96 valence electrons. The molecule has 0 aromatic heterocycles. The Morgan fingerprint density at radius 3 is 2.33 bits per heavy atom. The number of halogens is 1. The zero-order valence-electron chi connectivity index (χ0n) is 10.7. The van der Waals surface area contributed by atoms with E-state index in [4.69, 9.17) is 5.73 Å². The molecule has 0 heterocycles. The lowest BCUT2D eigenvalue weighted by molar-refractivity contribution is 0.636. The normalized spacial score (nSPS) is 11.0. The van der Waals surface area contributed by atoms with E-state index < -0.39 is 0 Å². The Balaban J connectivity index is 2.07. The van der Waals surface area contributed by atoms with Crippen molar-refractivity contribution in [1.29, 1.82) is 0 Å². The van der Waals surface area contributed by atoms with Gasteiger partial charge in [-0.05, 0) is 42.8 Å². The predicted octanol–water partition coefficient (Wildman–Crippen LogP) is 4.04. The first-order valence-electron chi connectivity index (χ1n) is 6.69. The summed E-state index contributed by atoms with van der Waals surface area (Å²) in [7, 11) is 0. The molecular weight excluding hydrogens is 225 g/mol. The highest BCUT2D eigenvalue weighted by atomic mass is 19.1. The molecule has 0 bridgehead atoms. The quantitative estimate of drug-likeness (QED) is 0.764. The van der Waals surface area contributed by atoms with Crippen LogP contribution in [0.3, 0.4) is 0 Å². The molecule has 2 aromatic carbocycles. The Kier molecular flexibility index (Phi) is 4.71. The number of nitrogens with two attached hydrogens (primary N) is 1. The second-order valence-corrected chi connectivity index (χ2v) is 4.70. The van der Waals surface area contributed by atoms with Crippen molar-refractivity contribution in [3.63, 3.8) is 0 Å². The monoisotopic (exact) mass is 245 g/mol. The molecule has 18 heavy (non-hydrogen) atoms. The Morgan fingerprint density at radius 1 is 0.833 bits per heavy atom. The van der Waals surface area contributed by atoms with Gasteiger partial charge in [0, 0.05) is 5.39 Å². The second-order valence-electron chi connectivity index (χ2n) is 4.70. The maximum absolute atomic E-state index is 13.6. The lowest BCUT2D eigenvalue weighted by Crippen LogP contribution is -1.98. The van der Waals surface area contributed by atoms with Gasteiger partial charge in [0.1, 0.15) is 5.82 Å². The number of unbranched alkanes of at least 4 members (excludes halogenated alkanes) is 3. The molecule has 0 amide bonds. The van der Waals surface area contributed by atoms with E-state index in [1.807, 2.05) is 30.3 Å². The van der Waals surface area contributed by atoms with Crippen molar-refractivity contribution < 1.29 is 4.39 Å². The fraction of sp³-hybridized carbons (Fsp3) is 0.375. The first kappa shape index (κ1) is 13.0. The van der Waals surface area contributed by atoms with Crippen LogP contribution in [0.5, 0.6) is 0 Å². The average molecular weight is 245 g/mol. The molecule has 2 rings (SSSR count). The lowest BCUT2D eigenvalue weighted by atomic mass is 9.99. The third kappa shape index (κ3) is 3.08. The minimum atomic E-state index is -0.127. The molecule has 0 unspecified atom stereocenters. The minimum absolute atomic E-state index is 0.127. The molecule has 0 saturated carbocycles. The van der Waals surface area contributed by atoms with Crippen LogP contribution in [0.2, 0.25) is 0 Å². The van der Waals surface area contributed by atoms with Gasteiger partial charge in [0.2, 0.25) is 0 Å². The summed E-state index contributed by atoms with van der Waals surface area (Å²) in [5.74, 6) is -0.127. The number of hydrogen-bond donors (Lipinski definition) is 1. The molecule has 0 fully saturated rings. The zero-order valence-corrected chi connectivity index (χ0v) is 10.7. The molecule has 0 aliphatic carbocycles. The number of benzene rings is 2. The maximum atomic E-state index is 13.6. The van der Waals surface area contributed by atoms with E-state index in [1.165, 1.54) is 18.4 Å². The van der Waals surface area contributed by atoms with Gasteiger partial charge < -0.3 is 5.73 Å². The summed E-state index contributed by atoms with van der Waals surface area (Å²) in [6.07, 6.45) is 5.66. The maximum Gasteiger partial charge on any atom is 0.131 e. The Bertz CT molecular complexity index is 507. The van der Waals surface area contributed by atoms with Gasteiger partial charge in [-0.2, -0.15) is 0 Å². The molecule has 2 N–H and O–H groups in total. The van der Waals surface area contributed by atoms with E-state index in [2.05, 4.69) is 0 Å². The van der Waals surface area contributed by atoms with Crippen molar-refractivity contribution in [3.05, 3.63) is 47.8 Å². The summed E-state index contributed by atoms with van der Waals surface area (Å²) >= 11 is 0. The average Bonchev–Trinajstić information content (AvgIpc) is 2.41. The Morgan fingerprint density at radius 2 is 1.56 bits per heavy atom. The van der Waals surface area contributed by atoms with Gasteiger partial charge in [-0.3, -0.25) is 0 Å². The van der Waals surface area contributed by atoms with Crippen molar-refractivity contribution in [2.24, 2.45) is 5.73 Å². The minimum Gasteiger partial charge on any atom is -0.330 e. The molecule has 0 aliphatic heterocycles. The first-order chi connectivity index (χ1) is 8.83. The number of aryl methyl sites for hydroxylation is 1. The van der Waals surface area contributed by atoms with Gasteiger partial charge in [0.05, 0.1) is 0 Å². The topological polar surface area (TPSA) is 26.0 Å². The van der Waals surface area contributed by atoms with Crippen LogP contribution in [0, 0.1) is 5.82 Å². The molecular formula is C16H20FN. The largest absolute Gasteiger partial charge is 0.330 e. The summed E-state index contributed by atoms with van der Waals surface area (Å²) < 4.78 is 13.6. The van der Waals surface area contributed by atoms with Gasteiger partial charge in [-0.25, -0.2) is 4.39 Å². The lowest BCUT2D eigenvalue weighted by Gasteiger charge is -2.07. The third-order valence-electron chi connectivity index (χ3n) is 3.36. The fourth-order valence-electron chi connectivity index (χ4n) is 2.36. The standard InChI is InChI=1S/C16H20FN/c17-16-11-10-13(7-3-1-2-6-12-18)14-8-4-5-9-15(14)16/h4-5,8-11H,1-3,6-7,12,18H2. The molecule has 2 heteroatoms. The molecule has 0 atom stereocenters. The summed E-state index contributed by atoms with van der Waals surface area (Å²) in [5.41, 5.74) is 6.72. The Labute approximate surface area is 108 Å². The highest BCUT2D eigenvalue weighted by Crippen LogP contribution is 2.23. The van der Waals surface area contributed by atoms with Gasteiger partial charge in [0.15, 0.2) is 0 Å². The van der Waals surface area contributed by atoms with Crippen LogP contribution in [-0.4, -0.2) is 6.54 Å². The van der Waals surface area contributed by atoms with Crippen molar-refractivity contribution in [2.45, 2.75) is 32.1 Å². The highest BCUT2D eigenvalue weighted by molar-refractivity contribution is 5.86. The summed E-state index contributed by atoms with van der Waals surface area (Å²) in [5, 5.41) is 1.79. The van der Waals surface area contributed by atoms with Crippen molar-refractivity contribution >= 4 is 10.8 Å². The van der Waals surface area contributed by atoms with Crippen LogP contribution < -0.4 is 5.73 Å². The van der Waals surface area contributed by atoms with E-state index in [9.17, 15) is 4.39 Å². The number of fused-ring (bicyclic) bond motifs is 1. The number of rotatable bonds is 6. The smallest absolute Gasteiger partial charge is 0.131 e. The van der Waals surface area contributed by atoms with Gasteiger partial charge in [-0.15, -0.1) is 0 Å². The zero-order chi connectivity index (χ0) is 12.8. The van der Waals surface area contributed by atoms with E-state index in [0.29, 0.717) is 0 Å². The molecule has 0 spiro atoms. The van der Waals surface area contributed by atoms with Crippen LogP contribution >= 0.6 is 0 Å². The van der Waals surface area contributed by atoms with Crippen LogP contribution in [0.4, 0.5) is 4.39 Å². The summed E-state index contributed by atoms with van der Waals surface area (Å²) in [6.45, 7) is 0.777. The second kappa shape index (κ2) is 6.50. The van der Waals surface area contributed by atoms with Crippen molar-refractivity contribution in [3.8, 4) is 0 Å². The van der Waals surface area contributed by atoms with Gasteiger partial charge in [-0.1, -0.05) is 43.2 Å². The molecule has 2 aromatic rings. The summed E-state index contributed by atoms with van der Waals surface area (Å²) in [4.78, 5) is 0. The fourth-order valence-corrected chi connectivity index (χ4v) is 2.36. The molecule has 0 saturated heterocycles. The predicted molar refractivity (Wildman–Crippen MR) is 75.1 cm³/mol. The van der Waals surface area contributed by atoms with E-state index in [1.54, 1.807) is 6.07 Å². The van der Waals surface area contributed by atoms with E-state index >= 15 is 0 Å². The van der Waals surface area contributed by atoms with Crippen molar-refractivity contribution in [2.75, 3.05) is 6.54 Å². The van der Waals surface area contributed by atoms with Crippen LogP contribution in [0.15, 0.2) is 36.4 Å². The van der Waals surface area contributed by atoms with Gasteiger partial charge >= 0.3 is 0 Å². The highest BCUT2D eigenvalue weighted by Gasteiger charge is 2.04. The molecule has 0 aliphatic rings. The number of hydrogen-bond acceptors (Lipinski definition) is 1. The van der Waals surface area contributed by atoms with E-state index in [0.717, 1.165) is 36.6 Å². The van der Waals surface area contributed by atoms with Crippen LogP contribution in [0.25, 0.3) is 10.8 Å². The SMILES string of the molecule is NCCCCCCc1ccc(F)c2ccccc12. The van der Waals surface area contributed by atoms with Crippen LogP contribution in [-0.2, 0) is 6.42 Å². The molecule has 1 nitrogen and oxygen atoms in total. The first-order valence-corrected chi connectivity index (χ1v) is 6.69.